The van der Waals surface area contributed by atoms with Crippen LogP contribution in [0.15, 0.2) is 53.4 Å². The Balaban J connectivity index is 2.03. The van der Waals surface area contributed by atoms with Crippen LogP contribution >= 0.6 is 11.8 Å². The van der Waals surface area contributed by atoms with Crippen LogP contribution in [0.2, 0.25) is 0 Å². The van der Waals surface area contributed by atoms with Crippen molar-refractivity contribution in [3.8, 4) is 6.07 Å². The Labute approximate surface area is 131 Å². The van der Waals surface area contributed by atoms with Gasteiger partial charge in [0.25, 0.3) is 0 Å². The van der Waals surface area contributed by atoms with Crippen LogP contribution in [0, 0.1) is 11.3 Å². The van der Waals surface area contributed by atoms with Gasteiger partial charge >= 0.3 is 0 Å². The maximum Gasteiger partial charge on any atom is 0.0991 e. The molecule has 1 atom stereocenters. The summed E-state index contributed by atoms with van der Waals surface area (Å²) >= 11 is 1.81. The number of hydrogen-bond donors (Lipinski definition) is 1. The number of nitriles is 1. The number of hydrogen-bond acceptors (Lipinski definition) is 3. The second-order valence-corrected chi connectivity index (χ2v) is 6.00. The maximum absolute atomic E-state index is 8.93. The summed E-state index contributed by atoms with van der Waals surface area (Å²) in [5.41, 5.74) is 3.22. The predicted molar refractivity (Wildman–Crippen MR) is 89.3 cm³/mol. The molecule has 1 N–H and O–H groups in total. The van der Waals surface area contributed by atoms with Crippen molar-refractivity contribution in [2.75, 3.05) is 6.54 Å². The molecular weight excluding hydrogens is 276 g/mol. The van der Waals surface area contributed by atoms with Crippen LogP contribution in [0.1, 0.15) is 36.6 Å². The van der Waals surface area contributed by atoms with E-state index in [-0.39, 0.29) is 0 Å². The first-order valence-corrected chi connectivity index (χ1v) is 8.16. The molecule has 0 aliphatic rings. The minimum atomic E-state index is 0.373. The average Bonchev–Trinajstić information content (AvgIpc) is 2.53. The predicted octanol–water partition coefficient (Wildman–Crippen LogP) is 4.52. The fraction of sp³-hybridized carbons (Fsp3) is 0.278. The SMILES string of the molecule is CCNC(C)c1cccc(SCc2cccc(C#N)c2)c1. The molecule has 0 saturated carbocycles. The summed E-state index contributed by atoms with van der Waals surface area (Å²) in [7, 11) is 0. The van der Waals surface area contributed by atoms with Gasteiger partial charge in [-0.15, -0.1) is 11.8 Å². The van der Waals surface area contributed by atoms with Crippen LogP contribution in [0.3, 0.4) is 0 Å². The summed E-state index contributed by atoms with van der Waals surface area (Å²) in [6.45, 7) is 5.28. The van der Waals surface area contributed by atoms with Gasteiger partial charge in [0.05, 0.1) is 11.6 Å². The van der Waals surface area contributed by atoms with E-state index in [0.29, 0.717) is 6.04 Å². The normalized spacial score (nSPS) is 11.9. The van der Waals surface area contributed by atoms with Crippen molar-refractivity contribution in [2.45, 2.75) is 30.5 Å². The van der Waals surface area contributed by atoms with Crippen LogP contribution in [0.5, 0.6) is 0 Å². The molecule has 0 saturated heterocycles. The lowest BCUT2D eigenvalue weighted by Crippen LogP contribution is -2.17. The molecule has 0 radical (unpaired) electrons. The Bertz CT molecular complexity index is 631. The molecule has 1 unspecified atom stereocenters. The van der Waals surface area contributed by atoms with Crippen LogP contribution in [0.25, 0.3) is 0 Å². The van der Waals surface area contributed by atoms with Crippen LogP contribution in [-0.2, 0) is 5.75 Å². The zero-order valence-corrected chi connectivity index (χ0v) is 13.3. The Kier molecular flexibility index (Phi) is 5.86. The lowest BCUT2D eigenvalue weighted by atomic mass is 10.1. The highest BCUT2D eigenvalue weighted by atomic mass is 32.2. The number of benzene rings is 2. The van der Waals surface area contributed by atoms with E-state index in [1.165, 1.54) is 16.0 Å². The zero-order chi connectivity index (χ0) is 15.1. The number of thioether (sulfide) groups is 1. The van der Waals surface area contributed by atoms with E-state index in [4.69, 9.17) is 5.26 Å². The van der Waals surface area contributed by atoms with E-state index in [9.17, 15) is 0 Å². The summed E-state index contributed by atoms with van der Waals surface area (Å²) in [5.74, 6) is 0.883. The Morgan fingerprint density at radius 2 is 2.00 bits per heavy atom. The molecule has 0 aliphatic heterocycles. The van der Waals surface area contributed by atoms with E-state index in [0.717, 1.165) is 17.9 Å². The summed E-state index contributed by atoms with van der Waals surface area (Å²) < 4.78 is 0. The minimum absolute atomic E-state index is 0.373. The van der Waals surface area contributed by atoms with E-state index in [1.54, 1.807) is 11.8 Å². The molecule has 2 aromatic carbocycles. The third kappa shape index (κ3) is 4.63. The van der Waals surface area contributed by atoms with Crippen molar-refractivity contribution in [3.05, 3.63) is 65.2 Å². The molecule has 0 fully saturated rings. The second kappa shape index (κ2) is 7.87. The summed E-state index contributed by atoms with van der Waals surface area (Å²) in [6, 6.07) is 19.0. The van der Waals surface area contributed by atoms with Gasteiger partial charge in [0, 0.05) is 16.7 Å². The highest BCUT2D eigenvalue weighted by Gasteiger charge is 2.05. The molecule has 2 nitrogen and oxygen atoms in total. The molecular formula is C18H20N2S. The Morgan fingerprint density at radius 1 is 1.19 bits per heavy atom. The van der Waals surface area contributed by atoms with Gasteiger partial charge in [-0.1, -0.05) is 31.2 Å². The van der Waals surface area contributed by atoms with E-state index in [2.05, 4.69) is 55.6 Å². The summed E-state index contributed by atoms with van der Waals surface area (Å²) in [6.07, 6.45) is 0. The van der Waals surface area contributed by atoms with Crippen LogP contribution < -0.4 is 5.32 Å². The first kappa shape index (κ1) is 15.6. The number of nitrogens with one attached hydrogen (secondary N) is 1. The summed E-state index contributed by atoms with van der Waals surface area (Å²) in [4.78, 5) is 1.26. The molecule has 2 aromatic rings. The largest absolute Gasteiger partial charge is 0.310 e. The van der Waals surface area contributed by atoms with Gasteiger partial charge in [0.15, 0.2) is 0 Å². The molecule has 0 aliphatic carbocycles. The lowest BCUT2D eigenvalue weighted by Gasteiger charge is -2.13. The first-order valence-electron chi connectivity index (χ1n) is 7.18. The van der Waals surface area contributed by atoms with Gasteiger partial charge in [-0.05, 0) is 48.9 Å². The van der Waals surface area contributed by atoms with E-state index < -0.39 is 0 Å². The molecule has 0 amide bonds. The quantitative estimate of drug-likeness (QED) is 0.796. The zero-order valence-electron chi connectivity index (χ0n) is 12.5. The average molecular weight is 296 g/mol. The molecule has 2 rings (SSSR count). The second-order valence-electron chi connectivity index (χ2n) is 4.95. The van der Waals surface area contributed by atoms with E-state index >= 15 is 0 Å². The van der Waals surface area contributed by atoms with Crippen molar-refractivity contribution < 1.29 is 0 Å². The van der Waals surface area contributed by atoms with Gasteiger partial charge in [-0.25, -0.2) is 0 Å². The van der Waals surface area contributed by atoms with Gasteiger partial charge in [0.1, 0.15) is 0 Å². The van der Waals surface area contributed by atoms with Crippen LogP contribution in [-0.4, -0.2) is 6.54 Å². The topological polar surface area (TPSA) is 35.8 Å². The van der Waals surface area contributed by atoms with Crippen molar-refractivity contribution in [1.29, 1.82) is 5.26 Å². The molecule has 0 aromatic heterocycles. The van der Waals surface area contributed by atoms with Gasteiger partial charge in [-0.2, -0.15) is 5.26 Å². The molecule has 0 bridgehead atoms. The van der Waals surface area contributed by atoms with Crippen molar-refractivity contribution in [1.82, 2.24) is 5.32 Å². The van der Waals surface area contributed by atoms with Gasteiger partial charge in [0.2, 0.25) is 0 Å². The monoisotopic (exact) mass is 296 g/mol. The third-order valence-corrected chi connectivity index (χ3v) is 4.39. The molecule has 3 heteroatoms. The number of rotatable bonds is 6. The minimum Gasteiger partial charge on any atom is -0.310 e. The standard InChI is InChI=1S/C18H20N2S/c1-3-20-14(2)17-8-5-9-18(11-17)21-13-16-7-4-6-15(10-16)12-19/h4-11,14,20H,3,13H2,1-2H3. The van der Waals surface area contributed by atoms with Crippen molar-refractivity contribution in [2.24, 2.45) is 0 Å². The highest BCUT2D eigenvalue weighted by molar-refractivity contribution is 7.98. The number of nitrogens with zero attached hydrogens (tertiary/aromatic N) is 1. The fourth-order valence-corrected chi connectivity index (χ4v) is 3.10. The smallest absolute Gasteiger partial charge is 0.0991 e. The van der Waals surface area contributed by atoms with Gasteiger partial charge < -0.3 is 5.32 Å². The first-order chi connectivity index (χ1) is 10.2. The third-order valence-electron chi connectivity index (χ3n) is 3.33. The Hall–Kier alpha value is -1.76. The van der Waals surface area contributed by atoms with Crippen molar-refractivity contribution >= 4 is 11.8 Å². The molecule has 0 heterocycles. The molecule has 0 spiro atoms. The summed E-state index contributed by atoms with van der Waals surface area (Å²) in [5, 5.41) is 12.4. The van der Waals surface area contributed by atoms with E-state index in [1.807, 2.05) is 18.2 Å². The van der Waals surface area contributed by atoms with Gasteiger partial charge in [-0.3, -0.25) is 0 Å². The maximum atomic E-state index is 8.93. The van der Waals surface area contributed by atoms with Crippen LogP contribution in [0.4, 0.5) is 0 Å². The fourth-order valence-electron chi connectivity index (χ4n) is 2.20. The molecule has 108 valence electrons. The lowest BCUT2D eigenvalue weighted by molar-refractivity contribution is 0.597. The molecule has 21 heavy (non-hydrogen) atoms. The van der Waals surface area contributed by atoms with Crippen molar-refractivity contribution in [3.63, 3.8) is 0 Å². The highest BCUT2D eigenvalue weighted by Crippen LogP contribution is 2.25. The Morgan fingerprint density at radius 3 is 2.76 bits per heavy atom.